The summed E-state index contributed by atoms with van der Waals surface area (Å²) in [7, 11) is 0. The van der Waals surface area contributed by atoms with Gasteiger partial charge in [-0.3, -0.25) is 4.79 Å². The van der Waals surface area contributed by atoms with Crippen molar-refractivity contribution in [2.45, 2.75) is 45.3 Å². The Bertz CT molecular complexity index is 545. The summed E-state index contributed by atoms with van der Waals surface area (Å²) in [4.78, 5) is 15.0. The van der Waals surface area contributed by atoms with E-state index in [4.69, 9.17) is 4.74 Å². The molecule has 0 amide bonds. The number of nitrogens with zero attached hydrogens (tertiary/aromatic N) is 1. The number of aliphatic hydroxyl groups is 1. The number of ether oxygens (including phenoxy) is 1. The van der Waals surface area contributed by atoms with E-state index in [2.05, 4.69) is 24.8 Å². The highest BCUT2D eigenvalue weighted by molar-refractivity contribution is 7.99. The molecule has 24 heavy (non-hydrogen) atoms. The average molecular weight is 352 g/mol. The third-order valence-electron chi connectivity index (χ3n) is 7.13. The van der Waals surface area contributed by atoms with Crippen molar-refractivity contribution in [3.8, 4) is 0 Å². The highest BCUT2D eigenvalue weighted by Crippen LogP contribution is 2.56. The second-order valence-electron chi connectivity index (χ2n) is 8.21. The molecule has 0 bridgehead atoms. The second-order valence-corrected chi connectivity index (χ2v) is 9.44. The number of carbonyl (C=O) groups is 1. The molecule has 1 saturated carbocycles. The molecule has 0 radical (unpaired) electrons. The number of rotatable bonds is 2. The summed E-state index contributed by atoms with van der Waals surface area (Å²) < 4.78 is 5.75. The zero-order valence-electron chi connectivity index (χ0n) is 14.7. The van der Waals surface area contributed by atoms with Crippen molar-refractivity contribution >= 4 is 17.7 Å². The van der Waals surface area contributed by atoms with E-state index in [0.717, 1.165) is 50.4 Å². The van der Waals surface area contributed by atoms with Crippen LogP contribution in [0.1, 0.15) is 33.1 Å². The van der Waals surface area contributed by atoms with E-state index in [-0.39, 0.29) is 29.3 Å². The fraction of sp³-hybridized carbons (Fsp3) is 0.842. The van der Waals surface area contributed by atoms with Crippen LogP contribution >= 0.6 is 11.8 Å². The number of allylic oxidation sites excluding steroid dienone is 1. The maximum absolute atomic E-state index is 12.6. The number of thioether (sulfide) groups is 1. The predicted octanol–water partition coefficient (Wildman–Crippen LogP) is 2.32. The van der Waals surface area contributed by atoms with E-state index < -0.39 is 6.10 Å². The summed E-state index contributed by atoms with van der Waals surface area (Å²) in [6.07, 6.45) is 4.72. The van der Waals surface area contributed by atoms with Crippen molar-refractivity contribution in [2.75, 3.05) is 31.1 Å². The number of carbonyl (C=O) groups excluding carboxylic acids is 1. The highest BCUT2D eigenvalue weighted by atomic mass is 32.2. The Hall–Kier alpha value is -0.520. The molecule has 4 rings (SSSR count). The van der Waals surface area contributed by atoms with Crippen molar-refractivity contribution in [2.24, 2.45) is 23.2 Å². The molecular weight excluding hydrogens is 322 g/mol. The van der Waals surface area contributed by atoms with Gasteiger partial charge in [-0.2, -0.15) is 11.8 Å². The third-order valence-corrected chi connectivity index (χ3v) is 8.07. The fourth-order valence-electron chi connectivity index (χ4n) is 5.34. The Balaban J connectivity index is 1.59. The SMILES string of the molecule is CC1CCC=C2CC3OC(=O)C(CN4CCSCC4)C3C(O)C21C. The Kier molecular flexibility index (Phi) is 4.46. The van der Waals surface area contributed by atoms with E-state index in [1.54, 1.807) is 0 Å². The lowest BCUT2D eigenvalue weighted by Crippen LogP contribution is -2.55. The van der Waals surface area contributed by atoms with Crippen LogP contribution in [0.5, 0.6) is 0 Å². The van der Waals surface area contributed by atoms with Gasteiger partial charge in [0.25, 0.3) is 0 Å². The van der Waals surface area contributed by atoms with Gasteiger partial charge in [0, 0.05) is 48.9 Å². The molecule has 6 unspecified atom stereocenters. The van der Waals surface area contributed by atoms with Crippen LogP contribution in [0.4, 0.5) is 0 Å². The van der Waals surface area contributed by atoms with Gasteiger partial charge in [-0.05, 0) is 18.8 Å². The van der Waals surface area contributed by atoms with E-state index in [1.807, 2.05) is 11.8 Å². The summed E-state index contributed by atoms with van der Waals surface area (Å²) in [5.74, 6) is 2.43. The number of aliphatic hydroxyl groups excluding tert-OH is 1. The molecule has 0 aromatic heterocycles. The molecule has 1 N–H and O–H groups in total. The first kappa shape index (κ1) is 16.9. The minimum absolute atomic E-state index is 0.0465. The zero-order chi connectivity index (χ0) is 16.9. The molecule has 134 valence electrons. The van der Waals surface area contributed by atoms with Gasteiger partial charge in [-0.1, -0.05) is 25.5 Å². The van der Waals surface area contributed by atoms with Gasteiger partial charge in [-0.15, -0.1) is 0 Å². The van der Waals surface area contributed by atoms with Crippen LogP contribution in [-0.2, 0) is 9.53 Å². The molecule has 2 aliphatic heterocycles. The average Bonchev–Trinajstić information content (AvgIpc) is 2.87. The van der Waals surface area contributed by atoms with Gasteiger partial charge in [0.05, 0.1) is 12.0 Å². The molecule has 6 atom stereocenters. The number of esters is 1. The summed E-state index contributed by atoms with van der Waals surface area (Å²) in [6.45, 7) is 7.30. The van der Waals surface area contributed by atoms with E-state index >= 15 is 0 Å². The maximum atomic E-state index is 12.6. The van der Waals surface area contributed by atoms with E-state index in [0.29, 0.717) is 5.92 Å². The van der Waals surface area contributed by atoms with Crippen molar-refractivity contribution in [3.05, 3.63) is 11.6 Å². The molecule has 3 fully saturated rings. The van der Waals surface area contributed by atoms with Crippen molar-refractivity contribution < 1.29 is 14.6 Å². The molecule has 0 spiro atoms. The quantitative estimate of drug-likeness (QED) is 0.611. The maximum Gasteiger partial charge on any atom is 0.311 e. The van der Waals surface area contributed by atoms with Crippen molar-refractivity contribution in [3.63, 3.8) is 0 Å². The Morgan fingerprint density at radius 3 is 2.92 bits per heavy atom. The van der Waals surface area contributed by atoms with Gasteiger partial charge in [0.1, 0.15) is 6.10 Å². The lowest BCUT2D eigenvalue weighted by Gasteiger charge is -2.52. The van der Waals surface area contributed by atoms with Crippen LogP contribution in [0.15, 0.2) is 11.6 Å². The second kappa shape index (κ2) is 6.33. The Morgan fingerprint density at radius 1 is 1.42 bits per heavy atom. The lowest BCUT2D eigenvalue weighted by atomic mass is 9.55. The molecule has 4 aliphatic rings. The van der Waals surface area contributed by atoms with Crippen LogP contribution in [-0.4, -0.2) is 59.3 Å². The molecule has 2 saturated heterocycles. The van der Waals surface area contributed by atoms with Gasteiger partial charge in [0.2, 0.25) is 0 Å². The van der Waals surface area contributed by atoms with Crippen molar-refractivity contribution in [1.29, 1.82) is 0 Å². The van der Waals surface area contributed by atoms with Crippen LogP contribution < -0.4 is 0 Å². The topological polar surface area (TPSA) is 49.8 Å². The Morgan fingerprint density at radius 2 is 2.17 bits per heavy atom. The predicted molar refractivity (Wildman–Crippen MR) is 95.8 cm³/mol. The first-order valence-electron chi connectivity index (χ1n) is 9.40. The van der Waals surface area contributed by atoms with E-state index in [9.17, 15) is 9.90 Å². The van der Waals surface area contributed by atoms with Gasteiger partial charge in [0.15, 0.2) is 0 Å². The number of hydrogen-bond donors (Lipinski definition) is 1. The fourth-order valence-corrected chi connectivity index (χ4v) is 6.31. The lowest BCUT2D eigenvalue weighted by molar-refractivity contribution is -0.145. The van der Waals surface area contributed by atoms with Gasteiger partial charge >= 0.3 is 5.97 Å². The van der Waals surface area contributed by atoms with Crippen molar-refractivity contribution in [1.82, 2.24) is 4.90 Å². The first-order valence-corrected chi connectivity index (χ1v) is 10.6. The number of hydrogen-bond acceptors (Lipinski definition) is 5. The summed E-state index contributed by atoms with van der Waals surface area (Å²) in [5, 5.41) is 11.3. The van der Waals surface area contributed by atoms with Crippen LogP contribution in [0.3, 0.4) is 0 Å². The molecular formula is C19H29NO3S. The molecule has 2 heterocycles. The third kappa shape index (κ3) is 2.55. The molecule has 0 aromatic rings. The van der Waals surface area contributed by atoms with Crippen LogP contribution in [0.25, 0.3) is 0 Å². The van der Waals surface area contributed by atoms with Crippen LogP contribution in [0, 0.1) is 23.2 Å². The summed E-state index contributed by atoms with van der Waals surface area (Å²) >= 11 is 1.98. The largest absolute Gasteiger partial charge is 0.461 e. The van der Waals surface area contributed by atoms with Crippen LogP contribution in [0.2, 0.25) is 0 Å². The minimum Gasteiger partial charge on any atom is -0.461 e. The minimum atomic E-state index is -0.478. The standard InChI is InChI=1S/C19H29NO3S/c1-12-4-3-5-13-10-15-16(17(21)19(12,13)2)14(18(22)23-15)11-20-6-8-24-9-7-20/h5,12,14-17,21H,3-4,6-11H2,1-2H3. The van der Waals surface area contributed by atoms with E-state index in [1.165, 1.54) is 5.57 Å². The van der Waals surface area contributed by atoms with Gasteiger partial charge in [-0.25, -0.2) is 0 Å². The smallest absolute Gasteiger partial charge is 0.311 e. The highest BCUT2D eigenvalue weighted by Gasteiger charge is 2.59. The normalized spacial score (nSPS) is 46.0. The first-order chi connectivity index (χ1) is 11.5. The number of fused-ring (bicyclic) bond motifs is 2. The van der Waals surface area contributed by atoms with Gasteiger partial charge < -0.3 is 14.7 Å². The zero-order valence-corrected chi connectivity index (χ0v) is 15.6. The summed E-state index contributed by atoms with van der Waals surface area (Å²) in [5.41, 5.74) is 1.13. The molecule has 0 aromatic carbocycles. The summed E-state index contributed by atoms with van der Waals surface area (Å²) in [6, 6.07) is 0. The Labute approximate surface area is 149 Å². The molecule has 4 nitrogen and oxygen atoms in total. The molecule has 2 aliphatic carbocycles. The molecule has 5 heteroatoms. The monoisotopic (exact) mass is 351 g/mol.